The predicted molar refractivity (Wildman–Crippen MR) is 66.3 cm³/mol. The fourth-order valence-electron chi connectivity index (χ4n) is 2.02. The van der Waals surface area contributed by atoms with E-state index < -0.39 is 0 Å². The highest BCUT2D eigenvalue weighted by atomic mass is 15.1. The minimum absolute atomic E-state index is 1.01. The van der Waals surface area contributed by atoms with Crippen LogP contribution < -0.4 is 4.90 Å². The summed E-state index contributed by atoms with van der Waals surface area (Å²) < 4.78 is 0. The predicted octanol–water partition coefficient (Wildman–Crippen LogP) is 3.18. The van der Waals surface area contributed by atoms with Crippen LogP contribution in [0.2, 0.25) is 0 Å². The number of hydrogen-bond acceptors (Lipinski definition) is 1. The highest BCUT2D eigenvalue weighted by molar-refractivity contribution is 5.57. The van der Waals surface area contributed by atoms with E-state index in [4.69, 9.17) is 0 Å². The fraction of sp³-hybridized carbons (Fsp3) is 0.286. The van der Waals surface area contributed by atoms with E-state index >= 15 is 0 Å². The molecule has 0 spiro atoms. The molecule has 0 atom stereocenters. The van der Waals surface area contributed by atoms with Crippen LogP contribution in [0.4, 0.5) is 5.69 Å². The van der Waals surface area contributed by atoms with E-state index in [1.165, 1.54) is 17.7 Å². The van der Waals surface area contributed by atoms with E-state index in [9.17, 15) is 0 Å². The van der Waals surface area contributed by atoms with E-state index in [-0.39, 0.29) is 0 Å². The number of nitrogens with zero attached hydrogens (tertiary/aromatic N) is 1. The molecular formula is C14H17N. The van der Waals surface area contributed by atoms with Crippen LogP contribution in [-0.4, -0.2) is 13.1 Å². The first-order valence-corrected chi connectivity index (χ1v) is 5.44. The zero-order valence-corrected chi connectivity index (χ0v) is 9.08. The maximum atomic E-state index is 3.95. The fourth-order valence-corrected chi connectivity index (χ4v) is 2.02. The van der Waals surface area contributed by atoms with Crippen LogP contribution in [0, 0.1) is 0 Å². The normalized spacial score (nSPS) is 13.7. The summed E-state index contributed by atoms with van der Waals surface area (Å²) in [6.45, 7) is 9.88. The molecule has 1 nitrogen and oxygen atoms in total. The van der Waals surface area contributed by atoms with Crippen LogP contribution in [0.1, 0.15) is 12.0 Å². The van der Waals surface area contributed by atoms with Crippen LogP contribution in [0.15, 0.2) is 49.1 Å². The van der Waals surface area contributed by atoms with Crippen molar-refractivity contribution < 1.29 is 0 Å². The molecule has 0 amide bonds. The second-order valence-electron chi connectivity index (χ2n) is 3.98. The molecule has 0 N–H and O–H groups in total. The minimum atomic E-state index is 1.01. The highest BCUT2D eigenvalue weighted by Crippen LogP contribution is 2.27. The Morgan fingerprint density at radius 3 is 3.00 bits per heavy atom. The van der Waals surface area contributed by atoms with Crippen molar-refractivity contribution in [1.82, 2.24) is 0 Å². The Morgan fingerprint density at radius 2 is 2.20 bits per heavy atom. The Balaban J connectivity index is 2.02. The third-order valence-electron chi connectivity index (χ3n) is 2.97. The first-order valence-electron chi connectivity index (χ1n) is 5.44. The summed E-state index contributed by atoms with van der Waals surface area (Å²) >= 11 is 0. The van der Waals surface area contributed by atoms with Gasteiger partial charge in [-0.25, -0.2) is 0 Å². The van der Waals surface area contributed by atoms with Gasteiger partial charge in [-0.3, -0.25) is 0 Å². The topological polar surface area (TPSA) is 3.24 Å². The monoisotopic (exact) mass is 199 g/mol. The van der Waals surface area contributed by atoms with Gasteiger partial charge < -0.3 is 4.90 Å². The zero-order chi connectivity index (χ0) is 10.7. The molecule has 1 heterocycles. The van der Waals surface area contributed by atoms with Gasteiger partial charge in [0.2, 0.25) is 0 Å². The van der Waals surface area contributed by atoms with Gasteiger partial charge in [-0.1, -0.05) is 43.0 Å². The van der Waals surface area contributed by atoms with E-state index in [0.717, 1.165) is 25.1 Å². The summed E-state index contributed by atoms with van der Waals surface area (Å²) in [7, 11) is 0. The highest BCUT2D eigenvalue weighted by Gasteiger charge is 2.17. The maximum Gasteiger partial charge on any atom is 0.0399 e. The smallest absolute Gasteiger partial charge is 0.0399 e. The molecule has 1 aliphatic rings. The SMILES string of the molecule is C=CC(=C)CCN1CCc2ccccc21. The molecule has 0 saturated carbocycles. The largest absolute Gasteiger partial charge is 0.371 e. The molecule has 1 aromatic carbocycles. The van der Waals surface area contributed by atoms with Crippen molar-refractivity contribution in [2.75, 3.05) is 18.0 Å². The third kappa shape index (κ3) is 2.12. The van der Waals surface area contributed by atoms with Crippen LogP contribution in [0.5, 0.6) is 0 Å². The maximum absolute atomic E-state index is 3.95. The molecule has 1 aromatic rings. The van der Waals surface area contributed by atoms with Crippen molar-refractivity contribution in [3.8, 4) is 0 Å². The van der Waals surface area contributed by atoms with Gasteiger partial charge in [-0.2, -0.15) is 0 Å². The van der Waals surface area contributed by atoms with E-state index in [1.807, 2.05) is 6.08 Å². The third-order valence-corrected chi connectivity index (χ3v) is 2.97. The molecule has 0 fully saturated rings. The molecule has 0 aliphatic carbocycles. The number of allylic oxidation sites excluding steroid dienone is 1. The standard InChI is InChI=1S/C14H17N/c1-3-12(2)8-10-15-11-9-13-6-4-5-7-14(13)15/h3-7H,1-2,8-11H2. The molecule has 0 bridgehead atoms. The van der Waals surface area contributed by atoms with Crippen molar-refractivity contribution in [2.24, 2.45) is 0 Å². The summed E-state index contributed by atoms with van der Waals surface area (Å²) in [4.78, 5) is 2.43. The molecule has 1 aliphatic heterocycles. The lowest BCUT2D eigenvalue weighted by atomic mass is 10.2. The van der Waals surface area contributed by atoms with Gasteiger partial charge in [0.15, 0.2) is 0 Å². The van der Waals surface area contributed by atoms with Gasteiger partial charge in [0.05, 0.1) is 0 Å². The average molecular weight is 199 g/mol. The Morgan fingerprint density at radius 1 is 1.40 bits per heavy atom. The molecule has 0 saturated heterocycles. The first kappa shape index (κ1) is 10.0. The van der Waals surface area contributed by atoms with Gasteiger partial charge in [0.1, 0.15) is 0 Å². The van der Waals surface area contributed by atoms with Gasteiger partial charge in [-0.15, -0.1) is 0 Å². The zero-order valence-electron chi connectivity index (χ0n) is 9.08. The minimum Gasteiger partial charge on any atom is -0.371 e. The van der Waals surface area contributed by atoms with Crippen LogP contribution >= 0.6 is 0 Å². The van der Waals surface area contributed by atoms with Gasteiger partial charge in [0, 0.05) is 18.8 Å². The average Bonchev–Trinajstić information content (AvgIpc) is 2.69. The molecular weight excluding hydrogens is 182 g/mol. The van der Waals surface area contributed by atoms with Crippen molar-refractivity contribution in [3.63, 3.8) is 0 Å². The Hall–Kier alpha value is -1.50. The number of hydrogen-bond donors (Lipinski definition) is 0. The first-order chi connectivity index (χ1) is 7.31. The van der Waals surface area contributed by atoms with Crippen molar-refractivity contribution in [3.05, 3.63) is 54.6 Å². The molecule has 0 unspecified atom stereocenters. The number of benzene rings is 1. The number of rotatable bonds is 4. The van der Waals surface area contributed by atoms with Gasteiger partial charge in [-0.05, 0) is 24.5 Å². The Bertz CT molecular complexity index is 379. The van der Waals surface area contributed by atoms with E-state index in [0.29, 0.717) is 0 Å². The summed E-state index contributed by atoms with van der Waals surface area (Å²) in [5.74, 6) is 0. The molecule has 1 heteroatoms. The second-order valence-corrected chi connectivity index (χ2v) is 3.98. The summed E-state index contributed by atoms with van der Waals surface area (Å²) in [6, 6.07) is 8.65. The molecule has 2 rings (SSSR count). The quantitative estimate of drug-likeness (QED) is 0.673. The van der Waals surface area contributed by atoms with Crippen molar-refractivity contribution in [1.29, 1.82) is 0 Å². The molecule has 78 valence electrons. The molecule has 0 radical (unpaired) electrons. The molecule has 0 aromatic heterocycles. The second kappa shape index (κ2) is 4.35. The van der Waals surface area contributed by atoms with Crippen LogP contribution in [0.3, 0.4) is 0 Å². The van der Waals surface area contributed by atoms with Crippen LogP contribution in [-0.2, 0) is 6.42 Å². The number of fused-ring (bicyclic) bond motifs is 1. The summed E-state index contributed by atoms with van der Waals surface area (Å²) in [5, 5.41) is 0. The molecule has 15 heavy (non-hydrogen) atoms. The lowest BCUT2D eigenvalue weighted by molar-refractivity contribution is 0.816. The van der Waals surface area contributed by atoms with E-state index in [1.54, 1.807) is 0 Å². The van der Waals surface area contributed by atoms with Crippen LogP contribution in [0.25, 0.3) is 0 Å². The Labute approximate surface area is 91.7 Å². The van der Waals surface area contributed by atoms with E-state index in [2.05, 4.69) is 42.3 Å². The van der Waals surface area contributed by atoms with Crippen molar-refractivity contribution in [2.45, 2.75) is 12.8 Å². The summed E-state index contributed by atoms with van der Waals surface area (Å²) in [5.41, 5.74) is 4.00. The summed E-state index contributed by atoms with van der Waals surface area (Å²) in [6.07, 6.45) is 4.04. The number of para-hydroxylation sites is 1. The van der Waals surface area contributed by atoms with Gasteiger partial charge >= 0.3 is 0 Å². The van der Waals surface area contributed by atoms with Gasteiger partial charge in [0.25, 0.3) is 0 Å². The lowest BCUT2D eigenvalue weighted by Crippen LogP contribution is -2.21. The lowest BCUT2D eigenvalue weighted by Gasteiger charge is -2.19. The van der Waals surface area contributed by atoms with Crippen molar-refractivity contribution >= 4 is 5.69 Å². The number of anilines is 1. The Kier molecular flexibility index (Phi) is 2.91.